The van der Waals surface area contributed by atoms with Crippen LogP contribution in [0, 0.1) is 0 Å². The maximum absolute atomic E-state index is 5.17. The van der Waals surface area contributed by atoms with Crippen molar-refractivity contribution in [3.63, 3.8) is 0 Å². The van der Waals surface area contributed by atoms with Crippen LogP contribution in [0.15, 0.2) is 0 Å². The summed E-state index contributed by atoms with van der Waals surface area (Å²) < 4.78 is 5.17. The molecule has 0 atom stereocenters. The lowest BCUT2D eigenvalue weighted by atomic mass is 10.4. The molecule has 56 valence electrons. The minimum atomic E-state index is 0.878. The van der Waals surface area contributed by atoms with Crippen LogP contribution in [-0.2, 0) is 4.18 Å². The van der Waals surface area contributed by atoms with E-state index in [-0.39, 0.29) is 0 Å². The highest BCUT2D eigenvalue weighted by molar-refractivity contribution is 7.94. The second kappa shape index (κ2) is 8.27. The van der Waals surface area contributed by atoms with Crippen LogP contribution in [0.25, 0.3) is 0 Å². The normalized spacial score (nSPS) is 10.0. The van der Waals surface area contributed by atoms with Crippen LogP contribution in [0.4, 0.5) is 0 Å². The summed E-state index contributed by atoms with van der Waals surface area (Å²) in [4.78, 5) is 0. The Balaban J connectivity index is 2.60. The van der Waals surface area contributed by atoms with Gasteiger partial charge in [-0.25, -0.2) is 0 Å². The molecule has 0 saturated heterocycles. The summed E-state index contributed by atoms with van der Waals surface area (Å²) in [6, 6.07) is 0. The molecule has 0 aromatic rings. The molecule has 0 spiro atoms. The molecule has 0 saturated carbocycles. The summed E-state index contributed by atoms with van der Waals surface area (Å²) in [5.74, 6) is 0.879. The Bertz CT molecular complexity index is 46.3. The summed E-state index contributed by atoms with van der Waals surface area (Å²) in [6.07, 6.45) is 2.37. The molecule has 0 heterocycles. The van der Waals surface area contributed by atoms with Crippen molar-refractivity contribution in [2.24, 2.45) is 0 Å². The van der Waals surface area contributed by atoms with Crippen molar-refractivity contribution in [1.29, 1.82) is 0 Å². The summed E-state index contributed by atoms with van der Waals surface area (Å²) in [5, 5.41) is 2.98. The maximum atomic E-state index is 5.17. The average molecular weight is 149 g/mol. The van der Waals surface area contributed by atoms with Crippen molar-refractivity contribution in [1.82, 2.24) is 5.32 Å². The van der Waals surface area contributed by atoms with E-state index in [0.29, 0.717) is 0 Å². The minimum absolute atomic E-state index is 0.878. The first-order valence-electron chi connectivity index (χ1n) is 3.30. The van der Waals surface area contributed by atoms with Crippen LogP contribution >= 0.6 is 12.0 Å². The number of nitrogens with one attached hydrogen (secondary N) is 1. The Kier molecular flexibility index (Phi) is 8.52. The van der Waals surface area contributed by atoms with Crippen LogP contribution in [0.1, 0.15) is 19.8 Å². The smallest absolute Gasteiger partial charge is 0.0683 e. The molecule has 2 nitrogen and oxygen atoms in total. The molecule has 0 aromatic heterocycles. The molecule has 0 rings (SSSR count). The molecular formula is C6H15NOS. The van der Waals surface area contributed by atoms with Gasteiger partial charge in [-0.3, -0.25) is 0 Å². The molecule has 0 aliphatic carbocycles. The molecule has 3 heteroatoms. The zero-order valence-electron chi connectivity index (χ0n) is 6.14. The van der Waals surface area contributed by atoms with Crippen LogP contribution in [0.5, 0.6) is 0 Å². The second-order valence-electron chi connectivity index (χ2n) is 1.79. The van der Waals surface area contributed by atoms with E-state index in [9.17, 15) is 0 Å². The van der Waals surface area contributed by atoms with E-state index < -0.39 is 0 Å². The summed E-state index contributed by atoms with van der Waals surface area (Å²) in [7, 11) is 1.91. The molecule has 0 fully saturated rings. The zero-order chi connectivity index (χ0) is 6.95. The van der Waals surface area contributed by atoms with E-state index in [4.69, 9.17) is 4.18 Å². The van der Waals surface area contributed by atoms with E-state index in [0.717, 1.165) is 18.9 Å². The fraction of sp³-hybridized carbons (Fsp3) is 1.00. The van der Waals surface area contributed by atoms with Gasteiger partial charge in [0.05, 0.1) is 12.5 Å². The van der Waals surface area contributed by atoms with Gasteiger partial charge in [0, 0.05) is 12.0 Å². The maximum Gasteiger partial charge on any atom is 0.0683 e. The number of rotatable bonds is 6. The Hall–Kier alpha value is 0.270. The van der Waals surface area contributed by atoms with Gasteiger partial charge in [-0.1, -0.05) is 13.3 Å². The van der Waals surface area contributed by atoms with Crippen LogP contribution < -0.4 is 5.32 Å². The lowest BCUT2D eigenvalue weighted by Crippen LogP contribution is -2.04. The van der Waals surface area contributed by atoms with Crippen molar-refractivity contribution in [3.8, 4) is 0 Å². The fourth-order valence-corrected chi connectivity index (χ4v) is 0.800. The van der Waals surface area contributed by atoms with Gasteiger partial charge in [0.15, 0.2) is 0 Å². The van der Waals surface area contributed by atoms with Gasteiger partial charge in [-0.15, -0.1) is 0 Å². The van der Waals surface area contributed by atoms with Crippen LogP contribution in [-0.4, -0.2) is 19.5 Å². The number of hydrogen-bond donors (Lipinski definition) is 1. The van der Waals surface area contributed by atoms with Gasteiger partial charge in [-0.2, -0.15) is 0 Å². The minimum Gasteiger partial charge on any atom is -0.314 e. The Labute approximate surface area is 61.6 Å². The van der Waals surface area contributed by atoms with Crippen molar-refractivity contribution in [2.75, 3.05) is 19.5 Å². The standard InChI is InChI=1S/C6H15NOS/c1-3-4-5-8-9-6-7-2/h7H,3-6H2,1-2H3. The SMILES string of the molecule is CCCCOSCNC. The molecule has 0 aliphatic rings. The first kappa shape index (κ1) is 9.27. The average Bonchev–Trinajstić information content (AvgIpc) is 1.89. The van der Waals surface area contributed by atoms with Crippen LogP contribution in [0.3, 0.4) is 0 Å². The van der Waals surface area contributed by atoms with E-state index in [1.807, 2.05) is 7.05 Å². The quantitative estimate of drug-likeness (QED) is 0.352. The second-order valence-corrected chi connectivity index (χ2v) is 2.55. The third-order valence-electron chi connectivity index (χ3n) is 0.868. The Morgan fingerprint density at radius 1 is 1.56 bits per heavy atom. The van der Waals surface area contributed by atoms with Crippen molar-refractivity contribution in [2.45, 2.75) is 19.8 Å². The monoisotopic (exact) mass is 149 g/mol. The molecular weight excluding hydrogens is 134 g/mol. The summed E-state index contributed by atoms with van der Waals surface area (Å²) in [6.45, 7) is 3.04. The van der Waals surface area contributed by atoms with E-state index in [1.165, 1.54) is 18.5 Å². The third-order valence-corrected chi connectivity index (χ3v) is 1.61. The van der Waals surface area contributed by atoms with Crippen molar-refractivity contribution < 1.29 is 4.18 Å². The zero-order valence-corrected chi connectivity index (χ0v) is 6.96. The molecule has 0 aliphatic heterocycles. The first-order chi connectivity index (χ1) is 4.41. The van der Waals surface area contributed by atoms with Gasteiger partial charge in [-0.05, 0) is 13.5 Å². The van der Waals surface area contributed by atoms with Crippen LogP contribution in [0.2, 0.25) is 0 Å². The Morgan fingerprint density at radius 2 is 2.33 bits per heavy atom. The topological polar surface area (TPSA) is 21.3 Å². The molecule has 9 heavy (non-hydrogen) atoms. The largest absolute Gasteiger partial charge is 0.314 e. The van der Waals surface area contributed by atoms with E-state index in [2.05, 4.69) is 12.2 Å². The lowest BCUT2D eigenvalue weighted by molar-refractivity contribution is 0.362. The lowest BCUT2D eigenvalue weighted by Gasteiger charge is -1.98. The van der Waals surface area contributed by atoms with Gasteiger partial charge in [0.1, 0.15) is 0 Å². The fourth-order valence-electron chi connectivity index (χ4n) is 0.363. The molecule has 1 N–H and O–H groups in total. The molecule has 0 amide bonds. The van der Waals surface area contributed by atoms with Crippen molar-refractivity contribution >= 4 is 12.0 Å². The summed E-state index contributed by atoms with van der Waals surface area (Å²) >= 11 is 1.48. The Morgan fingerprint density at radius 3 is 2.89 bits per heavy atom. The molecule has 0 radical (unpaired) electrons. The van der Waals surface area contributed by atoms with Gasteiger partial charge < -0.3 is 9.50 Å². The number of unbranched alkanes of at least 4 members (excludes halogenated alkanes) is 1. The van der Waals surface area contributed by atoms with Gasteiger partial charge >= 0.3 is 0 Å². The predicted molar refractivity (Wildman–Crippen MR) is 42.4 cm³/mol. The van der Waals surface area contributed by atoms with E-state index >= 15 is 0 Å². The molecule has 0 aromatic carbocycles. The highest BCUT2D eigenvalue weighted by Gasteiger charge is 1.84. The molecule has 0 bridgehead atoms. The third kappa shape index (κ3) is 8.27. The van der Waals surface area contributed by atoms with E-state index in [1.54, 1.807) is 0 Å². The summed E-state index contributed by atoms with van der Waals surface area (Å²) in [5.41, 5.74) is 0. The first-order valence-corrected chi connectivity index (χ1v) is 4.22. The predicted octanol–water partition coefficient (Wildman–Crippen LogP) is 1.63. The van der Waals surface area contributed by atoms with Gasteiger partial charge in [0.2, 0.25) is 0 Å². The molecule has 0 unspecified atom stereocenters. The number of hydrogen-bond acceptors (Lipinski definition) is 3. The highest BCUT2D eigenvalue weighted by Crippen LogP contribution is 2.00. The van der Waals surface area contributed by atoms with Gasteiger partial charge in [0.25, 0.3) is 0 Å². The van der Waals surface area contributed by atoms with Crippen molar-refractivity contribution in [3.05, 3.63) is 0 Å². The highest BCUT2D eigenvalue weighted by atomic mass is 32.2.